The van der Waals surface area contributed by atoms with E-state index in [4.69, 9.17) is 29.0 Å². The van der Waals surface area contributed by atoms with Crippen LogP contribution in [0, 0.1) is 5.82 Å². The number of hydrogen-bond donors (Lipinski definition) is 2. The molecule has 0 heterocycles. The summed E-state index contributed by atoms with van der Waals surface area (Å²) in [6.45, 7) is 0. The molecule has 18 heavy (non-hydrogen) atoms. The van der Waals surface area contributed by atoms with Gasteiger partial charge in [0, 0.05) is 5.02 Å². The van der Waals surface area contributed by atoms with Crippen LogP contribution in [0.5, 0.6) is 0 Å². The highest BCUT2D eigenvalue weighted by atomic mass is 35.5. The van der Waals surface area contributed by atoms with Crippen molar-refractivity contribution < 1.29 is 4.39 Å². The third-order valence-corrected chi connectivity index (χ3v) is 3.19. The van der Waals surface area contributed by atoms with Crippen LogP contribution in [0.3, 0.4) is 0 Å². The quantitative estimate of drug-likeness (QED) is 0.666. The van der Waals surface area contributed by atoms with E-state index in [9.17, 15) is 4.39 Å². The van der Waals surface area contributed by atoms with Crippen molar-refractivity contribution in [3.8, 4) is 0 Å². The highest BCUT2D eigenvalue weighted by molar-refractivity contribution is 6.31. The Hall–Kier alpha value is -1.13. The third-order valence-electron chi connectivity index (χ3n) is 2.65. The molecule has 0 saturated carbocycles. The van der Waals surface area contributed by atoms with Gasteiger partial charge in [0.15, 0.2) is 0 Å². The zero-order chi connectivity index (χ0) is 13.1. The Morgan fingerprint density at radius 3 is 2.17 bits per heavy atom. The first-order valence-electron chi connectivity index (χ1n) is 5.28. The lowest BCUT2D eigenvalue weighted by Gasteiger charge is -2.17. The standard InChI is InChI=1S/C13H11Cl2FN2/c14-10-4-1-8(2-5-10)13(18-17)9-3-6-12(16)11(15)7-9/h1-7,13,18H,17H2. The number of nitrogens with one attached hydrogen (secondary N) is 1. The fraction of sp³-hybridized carbons (Fsp3) is 0.0769. The Kier molecular flexibility index (Phi) is 4.19. The molecule has 0 aliphatic carbocycles. The lowest BCUT2D eigenvalue weighted by atomic mass is 9.99. The molecule has 0 bridgehead atoms. The number of nitrogens with two attached hydrogens (primary N) is 1. The van der Waals surface area contributed by atoms with Gasteiger partial charge in [-0.05, 0) is 35.4 Å². The molecule has 3 N–H and O–H groups in total. The van der Waals surface area contributed by atoms with Crippen LogP contribution in [0.1, 0.15) is 17.2 Å². The van der Waals surface area contributed by atoms with E-state index in [1.807, 2.05) is 12.1 Å². The summed E-state index contributed by atoms with van der Waals surface area (Å²) < 4.78 is 13.1. The first kappa shape index (κ1) is 13.3. The monoisotopic (exact) mass is 284 g/mol. The minimum absolute atomic E-state index is 0.0710. The van der Waals surface area contributed by atoms with Gasteiger partial charge >= 0.3 is 0 Å². The van der Waals surface area contributed by atoms with Gasteiger partial charge in [0.2, 0.25) is 0 Å². The zero-order valence-electron chi connectivity index (χ0n) is 9.33. The molecule has 0 saturated heterocycles. The Balaban J connectivity index is 2.38. The maximum absolute atomic E-state index is 13.1. The molecule has 1 atom stereocenters. The fourth-order valence-electron chi connectivity index (χ4n) is 1.73. The maximum Gasteiger partial charge on any atom is 0.141 e. The summed E-state index contributed by atoms with van der Waals surface area (Å²) in [6.07, 6.45) is 0. The van der Waals surface area contributed by atoms with Gasteiger partial charge in [-0.25, -0.2) is 9.82 Å². The van der Waals surface area contributed by atoms with E-state index < -0.39 is 5.82 Å². The van der Waals surface area contributed by atoms with E-state index in [1.54, 1.807) is 24.3 Å². The first-order chi connectivity index (χ1) is 8.61. The highest BCUT2D eigenvalue weighted by Gasteiger charge is 2.13. The molecule has 5 heteroatoms. The summed E-state index contributed by atoms with van der Waals surface area (Å²) in [6, 6.07) is 11.5. The van der Waals surface area contributed by atoms with E-state index in [2.05, 4.69) is 5.43 Å². The van der Waals surface area contributed by atoms with Gasteiger partial charge in [-0.2, -0.15) is 0 Å². The molecule has 2 aromatic carbocycles. The Bertz CT molecular complexity index is 543. The lowest BCUT2D eigenvalue weighted by Crippen LogP contribution is -2.28. The maximum atomic E-state index is 13.1. The second-order valence-corrected chi connectivity index (χ2v) is 4.67. The molecule has 0 aliphatic rings. The van der Waals surface area contributed by atoms with E-state index in [1.165, 1.54) is 6.07 Å². The van der Waals surface area contributed by atoms with Crippen LogP contribution < -0.4 is 11.3 Å². The van der Waals surface area contributed by atoms with Crippen molar-refractivity contribution in [2.75, 3.05) is 0 Å². The fourth-order valence-corrected chi connectivity index (χ4v) is 2.05. The second-order valence-electron chi connectivity index (χ2n) is 3.82. The van der Waals surface area contributed by atoms with Crippen LogP contribution in [-0.2, 0) is 0 Å². The van der Waals surface area contributed by atoms with Gasteiger partial charge in [0.1, 0.15) is 5.82 Å². The topological polar surface area (TPSA) is 38.0 Å². The predicted octanol–water partition coefficient (Wildman–Crippen LogP) is 3.69. The van der Waals surface area contributed by atoms with Crippen LogP contribution in [0.2, 0.25) is 10.0 Å². The van der Waals surface area contributed by atoms with Gasteiger partial charge in [-0.3, -0.25) is 5.84 Å². The molecular weight excluding hydrogens is 274 g/mol. The number of halogens is 3. The minimum Gasteiger partial charge on any atom is -0.271 e. The summed E-state index contributed by atoms with van der Waals surface area (Å²) in [5.41, 5.74) is 4.38. The van der Waals surface area contributed by atoms with Crippen LogP contribution in [-0.4, -0.2) is 0 Å². The molecule has 2 rings (SSSR count). The molecule has 2 nitrogen and oxygen atoms in total. The Morgan fingerprint density at radius 1 is 1.00 bits per heavy atom. The van der Waals surface area contributed by atoms with Crippen LogP contribution in [0.4, 0.5) is 4.39 Å². The molecule has 0 radical (unpaired) electrons. The molecule has 0 aliphatic heterocycles. The van der Waals surface area contributed by atoms with Crippen molar-refractivity contribution in [2.45, 2.75) is 6.04 Å². The van der Waals surface area contributed by atoms with E-state index in [0.29, 0.717) is 5.02 Å². The Labute approximate surface area is 114 Å². The van der Waals surface area contributed by atoms with Crippen molar-refractivity contribution in [2.24, 2.45) is 5.84 Å². The SMILES string of the molecule is NNC(c1ccc(Cl)cc1)c1ccc(F)c(Cl)c1. The van der Waals surface area contributed by atoms with Crippen LogP contribution >= 0.6 is 23.2 Å². The van der Waals surface area contributed by atoms with E-state index >= 15 is 0 Å². The van der Waals surface area contributed by atoms with Crippen molar-refractivity contribution in [1.82, 2.24) is 5.43 Å². The van der Waals surface area contributed by atoms with Crippen molar-refractivity contribution in [3.63, 3.8) is 0 Å². The van der Waals surface area contributed by atoms with Crippen LogP contribution in [0.25, 0.3) is 0 Å². The van der Waals surface area contributed by atoms with Gasteiger partial charge < -0.3 is 0 Å². The first-order valence-corrected chi connectivity index (χ1v) is 6.04. The average molecular weight is 285 g/mol. The second kappa shape index (κ2) is 5.67. The molecular formula is C13H11Cl2FN2. The molecule has 0 spiro atoms. The van der Waals surface area contributed by atoms with E-state index in [0.717, 1.165) is 11.1 Å². The molecule has 94 valence electrons. The summed E-state index contributed by atoms with van der Waals surface area (Å²) in [5.74, 6) is 5.09. The molecule has 1 unspecified atom stereocenters. The summed E-state index contributed by atoms with van der Waals surface area (Å²) in [5, 5.41) is 0.716. The normalized spacial score (nSPS) is 12.4. The number of hydrogen-bond acceptors (Lipinski definition) is 2. The molecule has 0 aromatic heterocycles. The Morgan fingerprint density at radius 2 is 1.61 bits per heavy atom. The van der Waals surface area contributed by atoms with Gasteiger partial charge in [-0.15, -0.1) is 0 Å². The lowest BCUT2D eigenvalue weighted by molar-refractivity contribution is 0.616. The smallest absolute Gasteiger partial charge is 0.141 e. The molecule has 0 amide bonds. The molecule has 2 aromatic rings. The number of rotatable bonds is 3. The van der Waals surface area contributed by atoms with Gasteiger partial charge in [0.05, 0.1) is 11.1 Å². The van der Waals surface area contributed by atoms with Gasteiger partial charge in [0.25, 0.3) is 0 Å². The average Bonchev–Trinajstić information content (AvgIpc) is 2.37. The van der Waals surface area contributed by atoms with E-state index in [-0.39, 0.29) is 11.1 Å². The number of benzene rings is 2. The minimum atomic E-state index is -0.452. The number of hydrazine groups is 1. The summed E-state index contributed by atoms with van der Waals surface area (Å²) in [4.78, 5) is 0. The largest absolute Gasteiger partial charge is 0.271 e. The van der Waals surface area contributed by atoms with Crippen molar-refractivity contribution >= 4 is 23.2 Å². The van der Waals surface area contributed by atoms with Crippen molar-refractivity contribution in [1.29, 1.82) is 0 Å². The van der Waals surface area contributed by atoms with Crippen LogP contribution in [0.15, 0.2) is 42.5 Å². The van der Waals surface area contributed by atoms with Crippen molar-refractivity contribution in [3.05, 3.63) is 69.5 Å². The zero-order valence-corrected chi connectivity index (χ0v) is 10.8. The summed E-state index contributed by atoms with van der Waals surface area (Å²) in [7, 11) is 0. The predicted molar refractivity (Wildman–Crippen MR) is 72.0 cm³/mol. The van der Waals surface area contributed by atoms with Gasteiger partial charge in [-0.1, -0.05) is 41.4 Å². The third kappa shape index (κ3) is 2.82. The highest BCUT2D eigenvalue weighted by Crippen LogP contribution is 2.26. The molecule has 0 fully saturated rings. The summed E-state index contributed by atoms with van der Waals surface area (Å²) >= 11 is 11.6.